The molecule has 2 nitrogen and oxygen atoms in total. The zero-order chi connectivity index (χ0) is 11.7. The number of hydrogen-bond acceptors (Lipinski definition) is 2. The SMILES string of the molecule is C=C(/C=C\C)/N=C(C)\C=C/CN=C(C)C. The average molecular weight is 204 g/mol. The number of allylic oxidation sites excluding steroid dienone is 3. The Labute approximate surface area is 92.8 Å². The van der Waals surface area contributed by atoms with Gasteiger partial charge in [0, 0.05) is 11.4 Å². The van der Waals surface area contributed by atoms with E-state index in [1.54, 1.807) is 0 Å². The quantitative estimate of drug-likeness (QED) is 0.483. The molecule has 0 saturated heterocycles. The van der Waals surface area contributed by atoms with E-state index in [0.717, 1.165) is 17.1 Å². The fraction of sp³-hybridized carbons (Fsp3) is 0.385. The molecule has 0 amide bonds. The minimum atomic E-state index is 0.714. The Balaban J connectivity index is 4.18. The molecule has 82 valence electrons. The third-order valence-corrected chi connectivity index (χ3v) is 1.55. The summed E-state index contributed by atoms with van der Waals surface area (Å²) in [6, 6.07) is 0. The summed E-state index contributed by atoms with van der Waals surface area (Å²) in [7, 11) is 0. The van der Waals surface area contributed by atoms with Crippen molar-refractivity contribution in [2.75, 3.05) is 6.54 Å². The van der Waals surface area contributed by atoms with Gasteiger partial charge in [-0.3, -0.25) is 9.98 Å². The predicted molar refractivity (Wildman–Crippen MR) is 69.9 cm³/mol. The molecule has 0 N–H and O–H groups in total. The van der Waals surface area contributed by atoms with Crippen LogP contribution in [0.3, 0.4) is 0 Å². The van der Waals surface area contributed by atoms with Crippen molar-refractivity contribution in [3.63, 3.8) is 0 Å². The molecule has 0 radical (unpaired) electrons. The molecular formula is C13H20N2. The Morgan fingerprint density at radius 1 is 1.20 bits per heavy atom. The lowest BCUT2D eigenvalue weighted by molar-refractivity contribution is 1.23. The fourth-order valence-electron chi connectivity index (χ4n) is 0.952. The van der Waals surface area contributed by atoms with Gasteiger partial charge in [0.2, 0.25) is 0 Å². The highest BCUT2D eigenvalue weighted by Gasteiger charge is 1.85. The minimum absolute atomic E-state index is 0.714. The molecule has 0 rings (SSSR count). The molecule has 15 heavy (non-hydrogen) atoms. The van der Waals surface area contributed by atoms with Crippen LogP contribution in [-0.2, 0) is 0 Å². The first-order valence-electron chi connectivity index (χ1n) is 5.07. The van der Waals surface area contributed by atoms with E-state index in [-0.39, 0.29) is 0 Å². The Morgan fingerprint density at radius 3 is 2.40 bits per heavy atom. The van der Waals surface area contributed by atoms with Crippen molar-refractivity contribution in [2.45, 2.75) is 27.7 Å². The molecule has 0 aromatic carbocycles. The second kappa shape index (κ2) is 7.92. The van der Waals surface area contributed by atoms with Crippen LogP contribution >= 0.6 is 0 Å². The Morgan fingerprint density at radius 2 is 1.87 bits per heavy atom. The van der Waals surface area contributed by atoms with Crippen molar-refractivity contribution in [1.82, 2.24) is 0 Å². The molecule has 0 aliphatic heterocycles. The van der Waals surface area contributed by atoms with E-state index in [9.17, 15) is 0 Å². The summed E-state index contributed by atoms with van der Waals surface area (Å²) in [5, 5.41) is 0. The van der Waals surface area contributed by atoms with Gasteiger partial charge in [-0.2, -0.15) is 0 Å². The highest BCUT2D eigenvalue weighted by Crippen LogP contribution is 1.96. The lowest BCUT2D eigenvalue weighted by Gasteiger charge is -1.93. The van der Waals surface area contributed by atoms with Crippen molar-refractivity contribution in [3.05, 3.63) is 36.6 Å². The van der Waals surface area contributed by atoms with E-state index in [2.05, 4.69) is 16.6 Å². The van der Waals surface area contributed by atoms with E-state index in [1.165, 1.54) is 0 Å². The molecule has 0 aliphatic carbocycles. The van der Waals surface area contributed by atoms with Gasteiger partial charge >= 0.3 is 0 Å². The molecule has 2 heteroatoms. The van der Waals surface area contributed by atoms with E-state index in [0.29, 0.717) is 6.54 Å². The third-order valence-electron chi connectivity index (χ3n) is 1.55. The summed E-state index contributed by atoms with van der Waals surface area (Å²) >= 11 is 0. The normalized spacial score (nSPS) is 12.4. The standard InChI is InChI=1S/C13H20N2/c1-6-8-12(4)15-13(5)9-7-10-14-11(2)3/h6-9H,4,10H2,1-3,5H3/b8-6-,9-7-,15-13-. The molecule has 0 aromatic heterocycles. The van der Waals surface area contributed by atoms with E-state index >= 15 is 0 Å². The van der Waals surface area contributed by atoms with Gasteiger partial charge in [0.05, 0.1) is 12.2 Å². The number of rotatable bonds is 5. The van der Waals surface area contributed by atoms with Gasteiger partial charge in [-0.05, 0) is 39.8 Å². The van der Waals surface area contributed by atoms with E-state index < -0.39 is 0 Å². The largest absolute Gasteiger partial charge is 0.291 e. The van der Waals surface area contributed by atoms with Crippen molar-refractivity contribution in [1.29, 1.82) is 0 Å². The molecule has 0 unspecified atom stereocenters. The first-order valence-corrected chi connectivity index (χ1v) is 5.07. The van der Waals surface area contributed by atoms with Gasteiger partial charge in [0.25, 0.3) is 0 Å². The summed E-state index contributed by atoms with van der Waals surface area (Å²) in [5.41, 5.74) is 2.81. The molecule has 0 saturated carbocycles. The van der Waals surface area contributed by atoms with Crippen LogP contribution in [0, 0.1) is 0 Å². The van der Waals surface area contributed by atoms with Gasteiger partial charge in [-0.25, -0.2) is 0 Å². The van der Waals surface area contributed by atoms with Crippen LogP contribution in [0.4, 0.5) is 0 Å². The second-order valence-electron chi connectivity index (χ2n) is 3.43. The van der Waals surface area contributed by atoms with E-state index in [1.807, 2.05) is 52.0 Å². The molecule has 0 fully saturated rings. The molecule has 0 aromatic rings. The minimum Gasteiger partial charge on any atom is -0.291 e. The molecule has 0 atom stereocenters. The topological polar surface area (TPSA) is 24.7 Å². The number of nitrogens with zero attached hydrogens (tertiary/aromatic N) is 2. The first-order chi connectivity index (χ1) is 7.06. The van der Waals surface area contributed by atoms with Crippen LogP contribution in [0.1, 0.15) is 27.7 Å². The summed E-state index contributed by atoms with van der Waals surface area (Å²) in [6.07, 6.45) is 7.76. The van der Waals surface area contributed by atoms with Crippen LogP contribution in [0.15, 0.2) is 46.6 Å². The van der Waals surface area contributed by atoms with Gasteiger partial charge in [-0.15, -0.1) is 0 Å². The third kappa shape index (κ3) is 8.88. The maximum atomic E-state index is 4.28. The smallest absolute Gasteiger partial charge is 0.0573 e. The van der Waals surface area contributed by atoms with Crippen LogP contribution in [0.5, 0.6) is 0 Å². The monoisotopic (exact) mass is 204 g/mol. The lowest BCUT2D eigenvalue weighted by atomic mass is 10.3. The summed E-state index contributed by atoms with van der Waals surface area (Å²) in [5.74, 6) is 0. The van der Waals surface area contributed by atoms with Crippen LogP contribution in [0.2, 0.25) is 0 Å². The summed E-state index contributed by atoms with van der Waals surface area (Å²) < 4.78 is 0. The Hall–Kier alpha value is -1.44. The van der Waals surface area contributed by atoms with Gasteiger partial charge in [0.15, 0.2) is 0 Å². The Kier molecular flexibility index (Phi) is 7.16. The number of hydrogen-bond donors (Lipinski definition) is 0. The second-order valence-corrected chi connectivity index (χ2v) is 3.43. The van der Waals surface area contributed by atoms with Crippen molar-refractivity contribution in [3.8, 4) is 0 Å². The first kappa shape index (κ1) is 13.6. The van der Waals surface area contributed by atoms with Crippen LogP contribution < -0.4 is 0 Å². The highest BCUT2D eigenvalue weighted by atomic mass is 14.7. The van der Waals surface area contributed by atoms with Gasteiger partial charge < -0.3 is 0 Å². The lowest BCUT2D eigenvalue weighted by Crippen LogP contribution is -1.87. The van der Waals surface area contributed by atoms with Crippen molar-refractivity contribution in [2.24, 2.45) is 9.98 Å². The maximum absolute atomic E-state index is 4.28. The Bertz CT molecular complexity index is 313. The molecule has 0 spiro atoms. The molecular weight excluding hydrogens is 184 g/mol. The average Bonchev–Trinajstić information content (AvgIpc) is 2.12. The summed E-state index contributed by atoms with van der Waals surface area (Å²) in [4.78, 5) is 8.53. The molecule has 0 heterocycles. The van der Waals surface area contributed by atoms with Gasteiger partial charge in [0.1, 0.15) is 0 Å². The van der Waals surface area contributed by atoms with E-state index in [4.69, 9.17) is 0 Å². The van der Waals surface area contributed by atoms with Crippen LogP contribution in [0.25, 0.3) is 0 Å². The van der Waals surface area contributed by atoms with Gasteiger partial charge in [-0.1, -0.05) is 18.7 Å². The molecule has 0 aliphatic rings. The molecule has 0 bridgehead atoms. The van der Waals surface area contributed by atoms with Crippen molar-refractivity contribution < 1.29 is 0 Å². The van der Waals surface area contributed by atoms with Crippen LogP contribution in [-0.4, -0.2) is 18.0 Å². The van der Waals surface area contributed by atoms with Crippen molar-refractivity contribution >= 4 is 11.4 Å². The predicted octanol–water partition coefficient (Wildman–Crippen LogP) is 3.57. The zero-order valence-electron chi connectivity index (χ0n) is 10.1. The fourth-order valence-corrected chi connectivity index (χ4v) is 0.952. The maximum Gasteiger partial charge on any atom is 0.0573 e. The number of aliphatic imine (C=N–C) groups is 2. The highest BCUT2D eigenvalue weighted by molar-refractivity contribution is 5.93. The zero-order valence-corrected chi connectivity index (χ0v) is 10.1. The summed E-state index contributed by atoms with van der Waals surface area (Å²) in [6.45, 7) is 12.4.